The SMILES string of the molecule is CCSCC(C)NS(=O)(=O)c1cc(CO)c(C)cc1C. The van der Waals surface area contributed by atoms with E-state index in [0.717, 1.165) is 17.1 Å². The first-order chi connectivity index (χ1) is 9.31. The Kier molecular flexibility index (Phi) is 6.51. The average molecular weight is 317 g/mol. The van der Waals surface area contributed by atoms with Gasteiger partial charge in [0, 0.05) is 11.8 Å². The molecule has 4 nitrogen and oxygen atoms in total. The van der Waals surface area contributed by atoms with E-state index >= 15 is 0 Å². The Morgan fingerprint density at radius 2 is 1.95 bits per heavy atom. The zero-order valence-electron chi connectivity index (χ0n) is 12.4. The maximum absolute atomic E-state index is 12.4. The van der Waals surface area contributed by atoms with E-state index in [4.69, 9.17) is 0 Å². The van der Waals surface area contributed by atoms with E-state index in [2.05, 4.69) is 4.72 Å². The summed E-state index contributed by atoms with van der Waals surface area (Å²) in [5.74, 6) is 1.71. The number of benzene rings is 1. The molecule has 0 bridgehead atoms. The molecule has 0 fully saturated rings. The van der Waals surface area contributed by atoms with E-state index in [1.807, 2.05) is 20.8 Å². The van der Waals surface area contributed by atoms with E-state index in [-0.39, 0.29) is 17.5 Å². The molecule has 1 rings (SSSR count). The van der Waals surface area contributed by atoms with Gasteiger partial charge in [-0.15, -0.1) is 0 Å². The van der Waals surface area contributed by atoms with Crippen LogP contribution >= 0.6 is 11.8 Å². The molecule has 0 amide bonds. The van der Waals surface area contributed by atoms with Crippen molar-refractivity contribution in [1.29, 1.82) is 0 Å². The Labute approximate surface area is 126 Å². The van der Waals surface area contributed by atoms with Crippen molar-refractivity contribution in [1.82, 2.24) is 4.72 Å². The molecule has 114 valence electrons. The van der Waals surface area contributed by atoms with Crippen molar-refractivity contribution in [3.8, 4) is 0 Å². The van der Waals surface area contributed by atoms with Crippen LogP contribution < -0.4 is 4.72 Å². The first-order valence-corrected chi connectivity index (χ1v) is 9.26. The van der Waals surface area contributed by atoms with Gasteiger partial charge in [0.05, 0.1) is 11.5 Å². The molecule has 0 radical (unpaired) electrons. The van der Waals surface area contributed by atoms with Crippen LogP contribution in [0.3, 0.4) is 0 Å². The topological polar surface area (TPSA) is 66.4 Å². The molecule has 1 aromatic rings. The Hall–Kier alpha value is -0.560. The maximum Gasteiger partial charge on any atom is 0.241 e. The summed E-state index contributed by atoms with van der Waals surface area (Å²) in [5.41, 5.74) is 2.24. The van der Waals surface area contributed by atoms with Crippen molar-refractivity contribution >= 4 is 21.8 Å². The molecule has 6 heteroatoms. The van der Waals surface area contributed by atoms with Crippen LogP contribution in [-0.2, 0) is 16.6 Å². The summed E-state index contributed by atoms with van der Waals surface area (Å²) < 4.78 is 27.5. The van der Waals surface area contributed by atoms with Gasteiger partial charge < -0.3 is 5.11 Å². The molecule has 0 saturated heterocycles. The van der Waals surface area contributed by atoms with E-state index in [1.165, 1.54) is 0 Å². The number of aliphatic hydroxyl groups excluding tert-OH is 1. The third-order valence-corrected chi connectivity index (χ3v) is 5.90. The molecule has 2 N–H and O–H groups in total. The minimum atomic E-state index is -3.54. The summed E-state index contributed by atoms with van der Waals surface area (Å²) in [7, 11) is -3.54. The van der Waals surface area contributed by atoms with Gasteiger partial charge in [-0.25, -0.2) is 13.1 Å². The van der Waals surface area contributed by atoms with Gasteiger partial charge in [-0.2, -0.15) is 11.8 Å². The highest BCUT2D eigenvalue weighted by Gasteiger charge is 2.20. The predicted octanol–water partition coefficient (Wildman–Crippen LogP) is 2.22. The second-order valence-corrected chi connectivity index (χ2v) is 7.89. The highest BCUT2D eigenvalue weighted by atomic mass is 32.2. The standard InChI is InChI=1S/C14H23NO3S2/c1-5-19-9-12(4)15-20(17,18)14-7-13(8-16)10(2)6-11(14)3/h6-7,12,15-16H,5,8-9H2,1-4H3. The summed E-state index contributed by atoms with van der Waals surface area (Å²) >= 11 is 1.70. The van der Waals surface area contributed by atoms with Crippen LogP contribution in [0.15, 0.2) is 17.0 Å². The summed E-state index contributed by atoms with van der Waals surface area (Å²) in [6.45, 7) is 7.38. The molecule has 0 aliphatic carbocycles. The van der Waals surface area contributed by atoms with Crippen LogP contribution in [-0.4, -0.2) is 31.1 Å². The third-order valence-electron chi connectivity index (χ3n) is 3.02. The number of sulfonamides is 1. The van der Waals surface area contributed by atoms with E-state index in [0.29, 0.717) is 11.1 Å². The number of aryl methyl sites for hydroxylation is 2. The summed E-state index contributed by atoms with van der Waals surface area (Å²) in [6.07, 6.45) is 0. The van der Waals surface area contributed by atoms with Gasteiger partial charge in [0.15, 0.2) is 0 Å². The van der Waals surface area contributed by atoms with Gasteiger partial charge in [-0.05, 0) is 49.3 Å². The first-order valence-electron chi connectivity index (χ1n) is 6.62. The van der Waals surface area contributed by atoms with Crippen molar-refractivity contribution in [3.05, 3.63) is 28.8 Å². The molecule has 0 heterocycles. The quantitative estimate of drug-likeness (QED) is 0.809. The Bertz CT molecular complexity index is 556. The molecular weight excluding hydrogens is 294 g/mol. The van der Waals surface area contributed by atoms with Crippen LogP contribution in [0.2, 0.25) is 0 Å². The zero-order chi connectivity index (χ0) is 15.3. The van der Waals surface area contributed by atoms with Crippen LogP contribution in [0.1, 0.15) is 30.5 Å². The Morgan fingerprint density at radius 3 is 2.50 bits per heavy atom. The lowest BCUT2D eigenvalue weighted by Gasteiger charge is -2.16. The monoisotopic (exact) mass is 317 g/mol. The largest absolute Gasteiger partial charge is 0.392 e. The minimum Gasteiger partial charge on any atom is -0.392 e. The van der Waals surface area contributed by atoms with Gasteiger partial charge in [0.25, 0.3) is 0 Å². The number of hydrogen-bond donors (Lipinski definition) is 2. The maximum atomic E-state index is 12.4. The highest BCUT2D eigenvalue weighted by molar-refractivity contribution is 7.99. The molecule has 1 unspecified atom stereocenters. The van der Waals surface area contributed by atoms with Crippen molar-refractivity contribution in [2.75, 3.05) is 11.5 Å². The molecule has 1 aromatic carbocycles. The van der Waals surface area contributed by atoms with Crippen molar-refractivity contribution in [2.45, 2.75) is 45.2 Å². The molecule has 0 spiro atoms. The number of nitrogens with one attached hydrogen (secondary N) is 1. The minimum absolute atomic E-state index is 0.122. The fourth-order valence-electron chi connectivity index (χ4n) is 1.99. The van der Waals surface area contributed by atoms with Crippen molar-refractivity contribution < 1.29 is 13.5 Å². The lowest BCUT2D eigenvalue weighted by molar-refractivity contribution is 0.280. The van der Waals surface area contributed by atoms with Crippen LogP contribution in [0.5, 0.6) is 0 Å². The fourth-order valence-corrected chi connectivity index (χ4v) is 4.29. The van der Waals surface area contributed by atoms with Crippen molar-refractivity contribution in [3.63, 3.8) is 0 Å². The Morgan fingerprint density at radius 1 is 1.30 bits per heavy atom. The number of hydrogen-bond acceptors (Lipinski definition) is 4. The normalized spacial score (nSPS) is 13.4. The molecular formula is C14H23NO3S2. The molecule has 1 atom stereocenters. The van der Waals surface area contributed by atoms with E-state index in [1.54, 1.807) is 30.8 Å². The molecule has 0 aromatic heterocycles. The summed E-state index contributed by atoms with van der Waals surface area (Å²) in [5, 5.41) is 9.28. The van der Waals surface area contributed by atoms with E-state index in [9.17, 15) is 13.5 Å². The second kappa shape index (κ2) is 7.45. The summed E-state index contributed by atoms with van der Waals surface area (Å²) in [4.78, 5) is 0.250. The van der Waals surface area contributed by atoms with Crippen LogP contribution in [0.4, 0.5) is 0 Å². The van der Waals surface area contributed by atoms with Gasteiger partial charge in [-0.3, -0.25) is 0 Å². The molecule has 0 aliphatic heterocycles. The summed E-state index contributed by atoms with van der Waals surface area (Å²) in [6, 6.07) is 3.24. The lowest BCUT2D eigenvalue weighted by Crippen LogP contribution is -2.34. The molecule has 0 aliphatic rings. The fraction of sp³-hybridized carbons (Fsp3) is 0.571. The Balaban J connectivity index is 3.03. The van der Waals surface area contributed by atoms with E-state index < -0.39 is 10.0 Å². The first kappa shape index (κ1) is 17.5. The van der Waals surface area contributed by atoms with Gasteiger partial charge in [0.1, 0.15) is 0 Å². The zero-order valence-corrected chi connectivity index (χ0v) is 14.1. The third kappa shape index (κ3) is 4.48. The van der Waals surface area contributed by atoms with Crippen molar-refractivity contribution in [2.24, 2.45) is 0 Å². The molecule has 20 heavy (non-hydrogen) atoms. The van der Waals surface area contributed by atoms with Gasteiger partial charge >= 0.3 is 0 Å². The van der Waals surface area contributed by atoms with Gasteiger partial charge in [0.2, 0.25) is 10.0 Å². The predicted molar refractivity (Wildman–Crippen MR) is 84.6 cm³/mol. The molecule has 0 saturated carbocycles. The average Bonchev–Trinajstić information content (AvgIpc) is 2.35. The van der Waals surface area contributed by atoms with Gasteiger partial charge in [-0.1, -0.05) is 13.0 Å². The second-order valence-electron chi connectivity index (χ2n) is 4.88. The number of thioether (sulfide) groups is 1. The van der Waals surface area contributed by atoms with Crippen LogP contribution in [0, 0.1) is 13.8 Å². The lowest BCUT2D eigenvalue weighted by atomic mass is 10.1. The number of aliphatic hydroxyl groups is 1. The number of rotatable bonds is 7. The highest BCUT2D eigenvalue weighted by Crippen LogP contribution is 2.21. The van der Waals surface area contributed by atoms with Crippen LogP contribution in [0.25, 0.3) is 0 Å². The smallest absolute Gasteiger partial charge is 0.241 e.